The monoisotopic (exact) mass is 554 g/mol. The van der Waals surface area contributed by atoms with Crippen LogP contribution in [0.25, 0.3) is 11.8 Å². The molecule has 8 nitrogen and oxygen atoms in total. The summed E-state index contributed by atoms with van der Waals surface area (Å²) in [6.45, 7) is 4.07. The van der Waals surface area contributed by atoms with Crippen molar-refractivity contribution in [1.82, 2.24) is 4.57 Å². The number of hydrogen-bond donors (Lipinski definition) is 0. The van der Waals surface area contributed by atoms with Gasteiger partial charge in [-0.1, -0.05) is 53.8 Å². The molecule has 2 aliphatic heterocycles. The lowest BCUT2D eigenvalue weighted by Crippen LogP contribution is -2.40. The number of thiazole rings is 1. The molecule has 6 rings (SSSR count). The zero-order chi connectivity index (χ0) is 27.8. The molecule has 3 aromatic carbocycles. The number of ether oxygens (including phenoxy) is 4. The van der Waals surface area contributed by atoms with Crippen LogP contribution < -0.4 is 29.1 Å². The number of aromatic nitrogens is 1. The summed E-state index contributed by atoms with van der Waals surface area (Å²) in [7, 11) is 1.59. The molecular weight excluding hydrogens is 528 g/mol. The molecule has 2 aliphatic rings. The predicted molar refractivity (Wildman–Crippen MR) is 151 cm³/mol. The number of carbonyl (C=O) groups is 1. The van der Waals surface area contributed by atoms with Crippen LogP contribution in [-0.2, 0) is 9.53 Å². The van der Waals surface area contributed by atoms with Crippen LogP contribution in [0.3, 0.4) is 0 Å². The number of fused-ring (bicyclic) bond motifs is 2. The van der Waals surface area contributed by atoms with Crippen molar-refractivity contribution in [3.05, 3.63) is 114 Å². The fourth-order valence-electron chi connectivity index (χ4n) is 4.90. The molecule has 0 saturated heterocycles. The van der Waals surface area contributed by atoms with E-state index in [1.807, 2.05) is 79.7 Å². The first kappa shape index (κ1) is 25.6. The number of rotatable bonds is 6. The third kappa shape index (κ3) is 4.48. The minimum absolute atomic E-state index is 0.168. The summed E-state index contributed by atoms with van der Waals surface area (Å²) in [6.07, 6.45) is 1.84. The van der Waals surface area contributed by atoms with E-state index in [0.717, 1.165) is 22.3 Å². The van der Waals surface area contributed by atoms with Crippen molar-refractivity contribution in [2.75, 3.05) is 20.5 Å². The molecule has 0 bridgehead atoms. The van der Waals surface area contributed by atoms with Gasteiger partial charge in [0.15, 0.2) is 16.3 Å². The average molecular weight is 555 g/mol. The molecule has 1 aromatic heterocycles. The summed E-state index contributed by atoms with van der Waals surface area (Å²) in [4.78, 5) is 33.0. The van der Waals surface area contributed by atoms with Gasteiger partial charge in [0, 0.05) is 5.56 Å². The zero-order valence-electron chi connectivity index (χ0n) is 22.2. The standard InChI is InChI=1S/C31H26N2O6S/c1-4-37-30(35)26-27(19-8-6-5-7-9-19)32-31-33(28(26)20-10-12-22(36-3)13-11-20)29(34)25(40-31)16-21-15-24-23(14-18(21)2)38-17-39-24/h5-16,28H,4,17H2,1-3H3/b25-16-/t28-/m0/s1. The van der Waals surface area contributed by atoms with E-state index in [1.165, 1.54) is 11.3 Å². The van der Waals surface area contributed by atoms with Gasteiger partial charge in [-0.05, 0) is 60.9 Å². The van der Waals surface area contributed by atoms with Gasteiger partial charge in [0.25, 0.3) is 5.56 Å². The number of benzene rings is 3. The van der Waals surface area contributed by atoms with E-state index in [2.05, 4.69) is 0 Å². The SMILES string of the molecule is CCOC(=O)C1=C(c2ccccc2)N=c2s/c(=C\c3cc4c(cc3C)OCO4)c(=O)n2[C@H]1c1ccc(OC)cc1. The van der Waals surface area contributed by atoms with Gasteiger partial charge >= 0.3 is 5.97 Å². The minimum Gasteiger partial charge on any atom is -0.497 e. The lowest BCUT2D eigenvalue weighted by atomic mass is 9.93. The largest absolute Gasteiger partial charge is 0.497 e. The number of hydrogen-bond acceptors (Lipinski definition) is 8. The lowest BCUT2D eigenvalue weighted by molar-refractivity contribution is -0.138. The van der Waals surface area contributed by atoms with Crippen molar-refractivity contribution in [2.45, 2.75) is 19.9 Å². The summed E-state index contributed by atoms with van der Waals surface area (Å²) in [5.74, 6) is 1.46. The number of methoxy groups -OCH3 is 1. The Kier molecular flexibility index (Phi) is 6.73. The Morgan fingerprint density at radius 3 is 2.52 bits per heavy atom. The molecular formula is C31H26N2O6S. The molecule has 0 spiro atoms. The molecule has 0 fully saturated rings. The summed E-state index contributed by atoms with van der Waals surface area (Å²) in [6, 6.07) is 19.8. The van der Waals surface area contributed by atoms with Crippen LogP contribution in [0, 0.1) is 6.92 Å². The van der Waals surface area contributed by atoms with Crippen molar-refractivity contribution < 1.29 is 23.7 Å². The van der Waals surface area contributed by atoms with Crippen LogP contribution in [0.2, 0.25) is 0 Å². The molecule has 0 unspecified atom stereocenters. The number of nitrogens with zero attached hydrogens (tertiary/aromatic N) is 2. The quantitative estimate of drug-likeness (QED) is 0.335. The van der Waals surface area contributed by atoms with E-state index in [4.69, 9.17) is 23.9 Å². The van der Waals surface area contributed by atoms with Gasteiger partial charge in [0.2, 0.25) is 6.79 Å². The predicted octanol–water partition coefficient (Wildman–Crippen LogP) is 3.98. The molecule has 40 heavy (non-hydrogen) atoms. The Bertz CT molecular complexity index is 1820. The second kappa shape index (κ2) is 10.5. The second-order valence-corrected chi connectivity index (χ2v) is 10.3. The maximum absolute atomic E-state index is 14.1. The van der Waals surface area contributed by atoms with E-state index in [0.29, 0.717) is 37.9 Å². The number of esters is 1. The van der Waals surface area contributed by atoms with E-state index >= 15 is 0 Å². The number of aryl methyl sites for hydroxylation is 1. The summed E-state index contributed by atoms with van der Waals surface area (Å²) in [5, 5.41) is 0. The molecule has 0 saturated carbocycles. The zero-order valence-corrected chi connectivity index (χ0v) is 23.0. The van der Waals surface area contributed by atoms with Crippen LogP contribution in [0.5, 0.6) is 17.2 Å². The van der Waals surface area contributed by atoms with Crippen molar-refractivity contribution >= 4 is 29.1 Å². The maximum Gasteiger partial charge on any atom is 0.338 e. The molecule has 0 amide bonds. The molecule has 9 heteroatoms. The molecule has 0 radical (unpaired) electrons. The van der Waals surface area contributed by atoms with Crippen molar-refractivity contribution in [3.63, 3.8) is 0 Å². The van der Waals surface area contributed by atoms with Crippen LogP contribution in [0.1, 0.15) is 35.2 Å². The Morgan fingerprint density at radius 2 is 1.82 bits per heavy atom. The topological polar surface area (TPSA) is 88.4 Å². The Morgan fingerprint density at radius 1 is 1.10 bits per heavy atom. The van der Waals surface area contributed by atoms with Crippen LogP contribution in [-0.4, -0.2) is 31.0 Å². The average Bonchev–Trinajstić information content (AvgIpc) is 3.56. The number of carbonyl (C=O) groups excluding carboxylic acids is 1. The summed E-state index contributed by atoms with van der Waals surface area (Å²) >= 11 is 1.28. The fraction of sp³-hybridized carbons (Fsp3) is 0.194. The Balaban J connectivity index is 1.62. The van der Waals surface area contributed by atoms with E-state index in [9.17, 15) is 9.59 Å². The van der Waals surface area contributed by atoms with Crippen molar-refractivity contribution in [2.24, 2.45) is 4.99 Å². The first-order valence-corrected chi connectivity index (χ1v) is 13.6. The van der Waals surface area contributed by atoms with E-state index < -0.39 is 12.0 Å². The third-order valence-corrected chi connectivity index (χ3v) is 7.84. The highest BCUT2D eigenvalue weighted by Gasteiger charge is 2.35. The Hall–Kier alpha value is -4.63. The van der Waals surface area contributed by atoms with Crippen LogP contribution in [0.15, 0.2) is 82.1 Å². The van der Waals surface area contributed by atoms with Gasteiger partial charge in [-0.15, -0.1) is 0 Å². The highest BCUT2D eigenvalue weighted by molar-refractivity contribution is 7.07. The van der Waals surface area contributed by atoms with Crippen molar-refractivity contribution in [3.8, 4) is 17.2 Å². The van der Waals surface area contributed by atoms with E-state index in [-0.39, 0.29) is 19.0 Å². The van der Waals surface area contributed by atoms with Gasteiger partial charge in [0.05, 0.1) is 35.6 Å². The molecule has 202 valence electrons. The van der Waals surface area contributed by atoms with Gasteiger partial charge in [-0.3, -0.25) is 9.36 Å². The van der Waals surface area contributed by atoms with E-state index in [1.54, 1.807) is 18.6 Å². The first-order valence-electron chi connectivity index (χ1n) is 12.8. The lowest BCUT2D eigenvalue weighted by Gasteiger charge is -2.26. The molecule has 4 aromatic rings. The normalized spacial score (nSPS) is 16.0. The molecule has 0 aliphatic carbocycles. The fourth-order valence-corrected chi connectivity index (χ4v) is 5.89. The maximum atomic E-state index is 14.1. The first-order chi connectivity index (χ1) is 19.5. The smallest absolute Gasteiger partial charge is 0.338 e. The molecule has 1 atom stereocenters. The minimum atomic E-state index is -0.753. The van der Waals surface area contributed by atoms with Crippen LogP contribution >= 0.6 is 11.3 Å². The second-order valence-electron chi connectivity index (χ2n) is 9.27. The summed E-state index contributed by atoms with van der Waals surface area (Å²) < 4.78 is 24.0. The molecule has 3 heterocycles. The van der Waals surface area contributed by atoms with Crippen molar-refractivity contribution in [1.29, 1.82) is 0 Å². The molecule has 0 N–H and O–H groups in total. The highest BCUT2D eigenvalue weighted by Crippen LogP contribution is 2.36. The third-order valence-electron chi connectivity index (χ3n) is 6.85. The van der Waals surface area contributed by atoms with Gasteiger partial charge in [-0.2, -0.15) is 0 Å². The summed E-state index contributed by atoms with van der Waals surface area (Å²) in [5.41, 5.74) is 3.80. The van der Waals surface area contributed by atoms with Gasteiger partial charge in [0.1, 0.15) is 5.75 Å². The Labute approximate surface area is 234 Å². The highest BCUT2D eigenvalue weighted by atomic mass is 32.1. The van der Waals surface area contributed by atoms with Gasteiger partial charge in [-0.25, -0.2) is 9.79 Å². The van der Waals surface area contributed by atoms with Gasteiger partial charge < -0.3 is 18.9 Å². The van der Waals surface area contributed by atoms with Crippen LogP contribution in [0.4, 0.5) is 0 Å².